The molecule has 1 atom stereocenters. The molecular weight excluding hydrogens is 220 g/mol. The van der Waals surface area contributed by atoms with Crippen LogP contribution in [0.4, 0.5) is 0 Å². The van der Waals surface area contributed by atoms with Crippen molar-refractivity contribution in [3.63, 3.8) is 0 Å². The largest absolute Gasteiger partial charge is 0.302 e. The first-order valence-corrected chi connectivity index (χ1v) is 6.26. The fraction of sp³-hybridized carbons (Fsp3) is 0.455. The van der Waals surface area contributed by atoms with Crippen molar-refractivity contribution in [1.29, 1.82) is 0 Å². The lowest BCUT2D eigenvalue weighted by molar-refractivity contribution is 0.412. The van der Waals surface area contributed by atoms with Gasteiger partial charge in [-0.15, -0.1) is 11.3 Å². The van der Waals surface area contributed by atoms with Gasteiger partial charge in [-0.2, -0.15) is 5.10 Å². The van der Waals surface area contributed by atoms with E-state index in [4.69, 9.17) is 0 Å². The second kappa shape index (κ2) is 5.23. The lowest BCUT2D eigenvalue weighted by atomic mass is 10.0. The molecule has 0 bridgehead atoms. The SMILES string of the molecule is CC(C)C(NCc1ncn[nH]1)c1cccs1. The van der Waals surface area contributed by atoms with Gasteiger partial charge >= 0.3 is 0 Å². The summed E-state index contributed by atoms with van der Waals surface area (Å²) in [5.41, 5.74) is 0. The Kier molecular flexibility index (Phi) is 3.69. The first kappa shape index (κ1) is 11.3. The molecule has 2 rings (SSSR count). The summed E-state index contributed by atoms with van der Waals surface area (Å²) in [7, 11) is 0. The van der Waals surface area contributed by atoms with Crippen LogP contribution in [0.15, 0.2) is 23.8 Å². The average molecular weight is 236 g/mol. The van der Waals surface area contributed by atoms with E-state index in [2.05, 4.69) is 51.9 Å². The minimum absolute atomic E-state index is 0.380. The molecule has 2 aromatic rings. The van der Waals surface area contributed by atoms with Gasteiger partial charge in [-0.25, -0.2) is 4.98 Å². The van der Waals surface area contributed by atoms with Crippen LogP contribution in [0, 0.1) is 5.92 Å². The predicted molar refractivity (Wildman–Crippen MR) is 65.1 cm³/mol. The molecule has 0 saturated carbocycles. The topological polar surface area (TPSA) is 53.6 Å². The Morgan fingerprint density at radius 1 is 1.50 bits per heavy atom. The molecule has 0 aliphatic heterocycles. The molecule has 1 unspecified atom stereocenters. The molecular formula is C11H16N4S. The summed E-state index contributed by atoms with van der Waals surface area (Å²) in [5, 5.41) is 12.3. The van der Waals surface area contributed by atoms with Gasteiger partial charge in [0.1, 0.15) is 12.2 Å². The van der Waals surface area contributed by atoms with Crippen LogP contribution in [-0.4, -0.2) is 15.2 Å². The summed E-state index contributed by atoms with van der Waals surface area (Å²) in [4.78, 5) is 5.47. The monoisotopic (exact) mass is 236 g/mol. The first-order chi connectivity index (χ1) is 7.77. The number of nitrogens with one attached hydrogen (secondary N) is 2. The van der Waals surface area contributed by atoms with E-state index in [1.165, 1.54) is 11.2 Å². The molecule has 0 aliphatic rings. The van der Waals surface area contributed by atoms with Crippen molar-refractivity contribution in [3.05, 3.63) is 34.5 Å². The van der Waals surface area contributed by atoms with Gasteiger partial charge in [-0.1, -0.05) is 19.9 Å². The lowest BCUT2D eigenvalue weighted by Gasteiger charge is -2.20. The highest BCUT2D eigenvalue weighted by Crippen LogP contribution is 2.25. The van der Waals surface area contributed by atoms with E-state index in [-0.39, 0.29) is 0 Å². The average Bonchev–Trinajstić information content (AvgIpc) is 2.88. The van der Waals surface area contributed by atoms with E-state index < -0.39 is 0 Å². The minimum atomic E-state index is 0.380. The van der Waals surface area contributed by atoms with E-state index in [9.17, 15) is 0 Å². The number of nitrogens with zero attached hydrogens (tertiary/aromatic N) is 2. The van der Waals surface area contributed by atoms with Crippen molar-refractivity contribution >= 4 is 11.3 Å². The van der Waals surface area contributed by atoms with Crippen LogP contribution in [0.2, 0.25) is 0 Å². The lowest BCUT2D eigenvalue weighted by Crippen LogP contribution is -2.25. The molecule has 0 aliphatic carbocycles. The van der Waals surface area contributed by atoms with Gasteiger partial charge in [0.15, 0.2) is 0 Å². The predicted octanol–water partition coefficient (Wildman–Crippen LogP) is 2.35. The molecule has 0 saturated heterocycles. The maximum absolute atomic E-state index is 4.10. The van der Waals surface area contributed by atoms with Crippen LogP contribution < -0.4 is 5.32 Å². The summed E-state index contributed by atoms with van der Waals surface area (Å²) < 4.78 is 0. The molecule has 4 nitrogen and oxygen atoms in total. The van der Waals surface area contributed by atoms with Gasteiger partial charge in [-0.3, -0.25) is 5.10 Å². The highest BCUT2D eigenvalue weighted by molar-refractivity contribution is 7.10. The summed E-state index contributed by atoms with van der Waals surface area (Å²) in [6, 6.07) is 4.64. The van der Waals surface area contributed by atoms with E-state index in [1.54, 1.807) is 11.3 Å². The van der Waals surface area contributed by atoms with Crippen LogP contribution in [0.5, 0.6) is 0 Å². The number of H-pyrrole nitrogens is 1. The number of hydrogen-bond donors (Lipinski definition) is 2. The summed E-state index contributed by atoms with van der Waals surface area (Å²) >= 11 is 1.79. The zero-order chi connectivity index (χ0) is 11.4. The second-order valence-corrected chi connectivity index (χ2v) is 5.03. The Balaban J connectivity index is 1.99. The van der Waals surface area contributed by atoms with Crippen LogP contribution >= 0.6 is 11.3 Å². The van der Waals surface area contributed by atoms with Crippen molar-refractivity contribution in [1.82, 2.24) is 20.5 Å². The molecule has 5 heteroatoms. The molecule has 0 amide bonds. The number of hydrogen-bond acceptors (Lipinski definition) is 4. The van der Waals surface area contributed by atoms with Gasteiger partial charge in [0, 0.05) is 10.9 Å². The Morgan fingerprint density at radius 3 is 2.94 bits per heavy atom. The van der Waals surface area contributed by atoms with Gasteiger partial charge in [-0.05, 0) is 17.4 Å². The Labute approximate surface area is 99.1 Å². The van der Waals surface area contributed by atoms with Gasteiger partial charge < -0.3 is 5.32 Å². The van der Waals surface area contributed by atoms with Gasteiger partial charge in [0.25, 0.3) is 0 Å². The van der Waals surface area contributed by atoms with Crippen molar-refractivity contribution < 1.29 is 0 Å². The van der Waals surface area contributed by atoms with Crippen LogP contribution in [0.25, 0.3) is 0 Å². The zero-order valence-corrected chi connectivity index (χ0v) is 10.3. The first-order valence-electron chi connectivity index (χ1n) is 5.38. The molecule has 2 heterocycles. The standard InChI is InChI=1S/C11H16N4S/c1-8(2)11(9-4-3-5-16-9)12-6-10-13-7-14-15-10/h3-5,7-8,11-12H,6H2,1-2H3,(H,13,14,15). The molecule has 0 spiro atoms. The smallest absolute Gasteiger partial charge is 0.138 e. The van der Waals surface area contributed by atoms with Crippen LogP contribution in [0.3, 0.4) is 0 Å². The molecule has 2 aromatic heterocycles. The summed E-state index contributed by atoms with van der Waals surface area (Å²) in [6.45, 7) is 5.16. The fourth-order valence-electron chi connectivity index (χ4n) is 1.66. The Bertz CT molecular complexity index is 394. The minimum Gasteiger partial charge on any atom is -0.302 e. The third kappa shape index (κ3) is 2.68. The molecule has 2 N–H and O–H groups in total. The summed E-state index contributed by atoms with van der Waals surface area (Å²) in [6.07, 6.45) is 1.53. The van der Waals surface area contributed by atoms with Gasteiger partial charge in [0.2, 0.25) is 0 Å². The van der Waals surface area contributed by atoms with E-state index >= 15 is 0 Å². The van der Waals surface area contributed by atoms with Crippen LogP contribution in [0.1, 0.15) is 30.6 Å². The molecule has 86 valence electrons. The third-order valence-corrected chi connectivity index (χ3v) is 3.43. The number of rotatable bonds is 5. The maximum atomic E-state index is 4.10. The van der Waals surface area contributed by atoms with Crippen LogP contribution in [-0.2, 0) is 6.54 Å². The quantitative estimate of drug-likeness (QED) is 0.838. The van der Waals surface area contributed by atoms with Crippen molar-refractivity contribution in [2.75, 3.05) is 0 Å². The summed E-state index contributed by atoms with van der Waals surface area (Å²) in [5.74, 6) is 1.43. The van der Waals surface area contributed by atoms with Crippen molar-refractivity contribution in [2.45, 2.75) is 26.4 Å². The fourth-order valence-corrected chi connectivity index (χ4v) is 2.63. The maximum Gasteiger partial charge on any atom is 0.138 e. The molecule has 0 aromatic carbocycles. The number of aromatic nitrogens is 3. The molecule has 16 heavy (non-hydrogen) atoms. The molecule has 0 radical (unpaired) electrons. The highest BCUT2D eigenvalue weighted by atomic mass is 32.1. The highest BCUT2D eigenvalue weighted by Gasteiger charge is 2.16. The number of thiophene rings is 1. The van der Waals surface area contributed by atoms with Crippen molar-refractivity contribution in [3.8, 4) is 0 Å². The Hall–Kier alpha value is -1.20. The van der Waals surface area contributed by atoms with E-state index in [0.717, 1.165) is 12.4 Å². The normalized spacial score (nSPS) is 13.2. The van der Waals surface area contributed by atoms with E-state index in [0.29, 0.717) is 12.0 Å². The molecule has 0 fully saturated rings. The van der Waals surface area contributed by atoms with Gasteiger partial charge in [0.05, 0.1) is 6.54 Å². The Morgan fingerprint density at radius 2 is 2.38 bits per heavy atom. The van der Waals surface area contributed by atoms with Crippen molar-refractivity contribution in [2.24, 2.45) is 5.92 Å². The van der Waals surface area contributed by atoms with E-state index in [1.807, 2.05) is 0 Å². The second-order valence-electron chi connectivity index (χ2n) is 4.05. The zero-order valence-electron chi connectivity index (χ0n) is 9.47. The third-order valence-electron chi connectivity index (χ3n) is 2.47. The number of aromatic amines is 1.